The molecule has 0 aliphatic carbocycles. The molecule has 0 amide bonds. The highest BCUT2D eigenvalue weighted by Crippen LogP contribution is 2.09. The van der Waals surface area contributed by atoms with Crippen molar-refractivity contribution in [3.05, 3.63) is 109 Å². The molecule has 0 unspecified atom stereocenters. The molecule has 0 spiro atoms. The average Bonchev–Trinajstić information content (AvgIpc) is 2.68. The Balaban J connectivity index is 2.46. The van der Waals surface area contributed by atoms with Gasteiger partial charge in [-0.25, -0.2) is 9.98 Å². The Morgan fingerprint density at radius 3 is 1.88 bits per heavy atom. The summed E-state index contributed by atoms with van der Waals surface area (Å²) in [6.45, 7) is 11.6. The molecule has 0 N–H and O–H groups in total. The Bertz CT molecular complexity index is 813. The quantitative estimate of drug-likeness (QED) is 0.412. The molecular formula is C22H21N3. The van der Waals surface area contributed by atoms with E-state index in [0.29, 0.717) is 18.2 Å². The minimum atomic E-state index is 0.461. The fourth-order valence-electron chi connectivity index (χ4n) is 2.16. The molecule has 0 heterocycles. The summed E-state index contributed by atoms with van der Waals surface area (Å²) in [4.78, 5) is 13.4. The number of benzene rings is 2. The van der Waals surface area contributed by atoms with E-state index in [1.807, 2.05) is 66.7 Å². The summed E-state index contributed by atoms with van der Waals surface area (Å²) >= 11 is 0. The molecule has 2 rings (SSSR count). The summed E-state index contributed by atoms with van der Waals surface area (Å²) in [5.41, 5.74) is 2.78. The van der Waals surface area contributed by atoms with Crippen LogP contribution < -0.4 is 0 Å². The molecule has 124 valence electrons. The van der Waals surface area contributed by atoms with Gasteiger partial charge >= 0.3 is 0 Å². The Labute approximate surface area is 149 Å². The van der Waals surface area contributed by atoms with Crippen molar-refractivity contribution >= 4 is 18.4 Å². The summed E-state index contributed by atoms with van der Waals surface area (Å²) in [5, 5.41) is 0. The van der Waals surface area contributed by atoms with E-state index in [-0.39, 0.29) is 0 Å². The lowest BCUT2D eigenvalue weighted by atomic mass is 10.2. The van der Waals surface area contributed by atoms with Crippen LogP contribution in [0.15, 0.2) is 113 Å². The third-order valence-corrected chi connectivity index (χ3v) is 3.43. The number of amidine groups is 2. The summed E-state index contributed by atoms with van der Waals surface area (Å²) in [6, 6.07) is 19.5. The highest BCUT2D eigenvalue weighted by atomic mass is 15.0. The van der Waals surface area contributed by atoms with Crippen LogP contribution in [-0.4, -0.2) is 24.9 Å². The maximum Gasteiger partial charge on any atom is 0.161 e. The predicted octanol–water partition coefficient (Wildman–Crippen LogP) is 4.88. The lowest BCUT2D eigenvalue weighted by Gasteiger charge is -2.05. The molecule has 0 atom stereocenters. The van der Waals surface area contributed by atoms with Gasteiger partial charge < -0.3 is 0 Å². The molecule has 0 radical (unpaired) electrons. The van der Waals surface area contributed by atoms with Gasteiger partial charge in [0.05, 0.1) is 6.54 Å². The predicted molar refractivity (Wildman–Crippen MR) is 109 cm³/mol. The summed E-state index contributed by atoms with van der Waals surface area (Å²) < 4.78 is 0. The Hall–Kier alpha value is -3.33. The van der Waals surface area contributed by atoms with E-state index >= 15 is 0 Å². The molecule has 2 aromatic carbocycles. The van der Waals surface area contributed by atoms with Crippen LogP contribution in [0, 0.1) is 0 Å². The maximum absolute atomic E-state index is 4.65. The van der Waals surface area contributed by atoms with Crippen molar-refractivity contribution in [3.63, 3.8) is 0 Å². The summed E-state index contributed by atoms with van der Waals surface area (Å²) in [5.74, 6) is 1.14. The van der Waals surface area contributed by atoms with Crippen molar-refractivity contribution in [1.29, 1.82) is 0 Å². The van der Waals surface area contributed by atoms with Crippen molar-refractivity contribution < 1.29 is 0 Å². The molecule has 3 heteroatoms. The van der Waals surface area contributed by atoms with Gasteiger partial charge in [-0.05, 0) is 12.3 Å². The fourth-order valence-corrected chi connectivity index (χ4v) is 2.16. The van der Waals surface area contributed by atoms with E-state index in [0.717, 1.165) is 16.7 Å². The molecular weight excluding hydrogens is 306 g/mol. The number of hydrogen-bond donors (Lipinski definition) is 0. The number of nitrogens with zero attached hydrogens (tertiary/aromatic N) is 3. The molecule has 0 aromatic heterocycles. The fraction of sp³-hybridized carbons (Fsp3) is 0.0455. The Morgan fingerprint density at radius 2 is 1.40 bits per heavy atom. The minimum Gasteiger partial charge on any atom is -0.261 e. The lowest BCUT2D eigenvalue weighted by Crippen LogP contribution is -2.06. The van der Waals surface area contributed by atoms with Crippen LogP contribution in [0.1, 0.15) is 11.1 Å². The SMILES string of the molecule is C=C/C=C(\C=C)CN=C(N=C(N=C)c1ccccc1)c1ccccc1. The molecule has 0 bridgehead atoms. The zero-order chi connectivity index (χ0) is 17.9. The molecule has 0 fully saturated rings. The topological polar surface area (TPSA) is 37.1 Å². The van der Waals surface area contributed by atoms with Gasteiger partial charge in [0.1, 0.15) is 0 Å². The first-order valence-corrected chi connectivity index (χ1v) is 7.93. The summed E-state index contributed by atoms with van der Waals surface area (Å²) in [7, 11) is 0. The molecule has 0 aliphatic heterocycles. The number of allylic oxidation sites excluding steroid dienone is 2. The first kappa shape index (κ1) is 18.0. The van der Waals surface area contributed by atoms with Gasteiger partial charge in [0.2, 0.25) is 0 Å². The van der Waals surface area contributed by atoms with Crippen LogP contribution >= 0.6 is 0 Å². The van der Waals surface area contributed by atoms with Crippen LogP contribution in [0.4, 0.5) is 0 Å². The zero-order valence-electron chi connectivity index (χ0n) is 14.2. The molecule has 0 aliphatic rings. The second-order valence-electron chi connectivity index (χ2n) is 5.15. The first-order chi connectivity index (χ1) is 12.3. The normalized spacial score (nSPS) is 12.6. The van der Waals surface area contributed by atoms with Crippen molar-refractivity contribution in [2.24, 2.45) is 15.0 Å². The van der Waals surface area contributed by atoms with E-state index in [2.05, 4.69) is 34.9 Å². The van der Waals surface area contributed by atoms with Crippen LogP contribution in [0.5, 0.6) is 0 Å². The lowest BCUT2D eigenvalue weighted by molar-refractivity contribution is 1.17. The molecule has 0 saturated carbocycles. The van der Waals surface area contributed by atoms with Gasteiger partial charge in [0.15, 0.2) is 11.7 Å². The molecule has 25 heavy (non-hydrogen) atoms. The van der Waals surface area contributed by atoms with Crippen molar-refractivity contribution in [2.45, 2.75) is 0 Å². The maximum atomic E-state index is 4.65. The van der Waals surface area contributed by atoms with E-state index in [4.69, 9.17) is 0 Å². The highest BCUT2D eigenvalue weighted by Gasteiger charge is 2.06. The van der Waals surface area contributed by atoms with Crippen molar-refractivity contribution in [2.75, 3.05) is 6.54 Å². The van der Waals surface area contributed by atoms with Crippen LogP contribution in [0.25, 0.3) is 0 Å². The van der Waals surface area contributed by atoms with Crippen molar-refractivity contribution in [1.82, 2.24) is 0 Å². The Morgan fingerprint density at radius 1 is 0.840 bits per heavy atom. The first-order valence-electron chi connectivity index (χ1n) is 7.93. The third-order valence-electron chi connectivity index (χ3n) is 3.43. The average molecular weight is 327 g/mol. The summed E-state index contributed by atoms with van der Waals surface area (Å²) in [6.07, 6.45) is 5.37. The van der Waals surface area contributed by atoms with E-state index in [1.165, 1.54) is 0 Å². The highest BCUT2D eigenvalue weighted by molar-refractivity contribution is 6.12. The van der Waals surface area contributed by atoms with Crippen LogP contribution in [-0.2, 0) is 0 Å². The smallest absolute Gasteiger partial charge is 0.161 e. The van der Waals surface area contributed by atoms with Gasteiger partial charge in [0, 0.05) is 11.1 Å². The Kier molecular flexibility index (Phi) is 7.01. The van der Waals surface area contributed by atoms with Crippen LogP contribution in [0.3, 0.4) is 0 Å². The van der Waals surface area contributed by atoms with Gasteiger partial charge in [-0.3, -0.25) is 4.99 Å². The molecule has 2 aromatic rings. The van der Waals surface area contributed by atoms with Gasteiger partial charge in [-0.15, -0.1) is 0 Å². The van der Waals surface area contributed by atoms with Crippen LogP contribution in [0.2, 0.25) is 0 Å². The standard InChI is InChI=1S/C22H21N3/c1-4-12-18(5-2)17-24-22(20-15-10-7-11-16-20)25-21(23-3)19-13-8-6-9-14-19/h4-16H,1-3,17H2/b18-12+,24-22?,25-21?. The second-order valence-corrected chi connectivity index (χ2v) is 5.15. The zero-order valence-corrected chi connectivity index (χ0v) is 14.2. The number of rotatable bonds is 6. The number of hydrogen-bond acceptors (Lipinski definition) is 1. The molecule has 0 saturated heterocycles. The van der Waals surface area contributed by atoms with E-state index in [1.54, 1.807) is 12.2 Å². The van der Waals surface area contributed by atoms with E-state index < -0.39 is 0 Å². The molecule has 3 nitrogen and oxygen atoms in total. The van der Waals surface area contributed by atoms with Gasteiger partial charge in [-0.1, -0.05) is 92.0 Å². The van der Waals surface area contributed by atoms with Crippen molar-refractivity contribution in [3.8, 4) is 0 Å². The monoisotopic (exact) mass is 327 g/mol. The van der Waals surface area contributed by atoms with Gasteiger partial charge in [0.25, 0.3) is 0 Å². The largest absolute Gasteiger partial charge is 0.261 e. The van der Waals surface area contributed by atoms with E-state index in [9.17, 15) is 0 Å². The second kappa shape index (κ2) is 9.73. The third kappa shape index (κ3) is 5.36. The minimum absolute atomic E-state index is 0.461. The number of aliphatic imine (C=N–C) groups is 3. The van der Waals surface area contributed by atoms with Gasteiger partial charge in [-0.2, -0.15) is 0 Å².